The van der Waals surface area contributed by atoms with Gasteiger partial charge in [0.05, 0.1) is 17.8 Å². The van der Waals surface area contributed by atoms with Gasteiger partial charge in [0, 0.05) is 31.5 Å². The lowest BCUT2D eigenvalue weighted by molar-refractivity contribution is -0.125. The van der Waals surface area contributed by atoms with E-state index in [1.165, 1.54) is 25.6 Å². The van der Waals surface area contributed by atoms with Crippen LogP contribution in [0.1, 0.15) is 66.1 Å². The molecule has 1 aliphatic carbocycles. The number of aromatic nitrogens is 1. The molecule has 3 aromatic rings. The van der Waals surface area contributed by atoms with Crippen molar-refractivity contribution < 1.29 is 45.1 Å². The Labute approximate surface area is 255 Å². The van der Waals surface area contributed by atoms with E-state index in [2.05, 4.69) is 10.3 Å². The summed E-state index contributed by atoms with van der Waals surface area (Å²) in [4.78, 5) is 29.5. The van der Waals surface area contributed by atoms with Crippen molar-refractivity contribution >= 4 is 27.5 Å². The van der Waals surface area contributed by atoms with Gasteiger partial charge in [-0.05, 0) is 48.9 Å². The van der Waals surface area contributed by atoms with E-state index in [-0.39, 0.29) is 24.2 Å². The molecule has 1 aromatic heterocycles. The van der Waals surface area contributed by atoms with Crippen molar-refractivity contribution in [3.8, 4) is 5.75 Å². The Morgan fingerprint density at radius 2 is 1.60 bits per heavy atom. The molecule has 0 unspecified atom stereocenters. The molecule has 1 saturated heterocycles. The molecule has 2 amide bonds. The van der Waals surface area contributed by atoms with Gasteiger partial charge in [-0.3, -0.25) is 14.6 Å². The molecule has 2 heterocycles. The maximum absolute atomic E-state index is 14.5. The highest BCUT2D eigenvalue weighted by atomic mass is 32.2. The van der Waals surface area contributed by atoms with Crippen molar-refractivity contribution in [2.75, 3.05) is 18.5 Å². The number of carbonyl (C=O) groups is 2. The molecule has 0 bridgehead atoms. The van der Waals surface area contributed by atoms with Crippen LogP contribution < -0.4 is 10.2 Å². The van der Waals surface area contributed by atoms with Gasteiger partial charge in [-0.2, -0.15) is 4.31 Å². The molecule has 0 radical (unpaired) electrons. The number of aromatic hydroxyl groups is 1. The van der Waals surface area contributed by atoms with Gasteiger partial charge in [-0.15, -0.1) is 0 Å². The second-order valence-corrected chi connectivity index (χ2v) is 12.8. The smallest absolute Gasteiger partial charge is 0.254 e. The van der Waals surface area contributed by atoms with E-state index in [4.69, 9.17) is 0 Å². The molecule has 2 fully saturated rings. The van der Waals surface area contributed by atoms with Crippen molar-refractivity contribution in [1.29, 1.82) is 0 Å². The number of nitrogens with one attached hydrogen (secondary N) is 1. The summed E-state index contributed by atoms with van der Waals surface area (Å²) < 4.78 is 97.2. The van der Waals surface area contributed by atoms with E-state index in [0.29, 0.717) is 15.9 Å². The standard InChI is InChI=1S/C30H29F5N4O5S/c1-36-29(41)20-10-9-19(13-22(20)40)38(15-18-8-7-17(14-37-18)16-5-3-2-4-6-16)30(42)21-11-12-39(21)45(43,44)28-26(34)24(32)23(31)25(33)27(28)35/h7-10,13-14,16,21,40H,2-6,11-12,15H2,1H3,(H,36,41)/t21-/m1/s1. The minimum absolute atomic E-state index is 0.0313. The monoisotopic (exact) mass is 652 g/mol. The van der Waals surface area contributed by atoms with Crippen molar-refractivity contribution in [2.45, 2.75) is 61.9 Å². The number of pyridine rings is 1. The Kier molecular flexibility index (Phi) is 9.12. The summed E-state index contributed by atoms with van der Waals surface area (Å²) in [6.45, 7) is -0.684. The Bertz CT molecular complexity index is 1720. The number of hydrogen-bond donors (Lipinski definition) is 2. The molecule has 2 aromatic carbocycles. The quantitative estimate of drug-likeness (QED) is 0.203. The van der Waals surface area contributed by atoms with Gasteiger partial charge in [-0.1, -0.05) is 25.3 Å². The first-order valence-corrected chi connectivity index (χ1v) is 15.6. The van der Waals surface area contributed by atoms with Crippen molar-refractivity contribution in [3.05, 3.63) is 82.4 Å². The Morgan fingerprint density at radius 3 is 2.13 bits per heavy atom. The van der Waals surface area contributed by atoms with Crippen molar-refractivity contribution in [1.82, 2.24) is 14.6 Å². The van der Waals surface area contributed by atoms with Crippen LogP contribution in [0.2, 0.25) is 0 Å². The first kappa shape index (κ1) is 32.3. The number of benzene rings is 2. The molecule has 240 valence electrons. The predicted octanol–water partition coefficient (Wildman–Crippen LogP) is 4.89. The topological polar surface area (TPSA) is 120 Å². The van der Waals surface area contributed by atoms with E-state index in [0.717, 1.165) is 42.2 Å². The lowest BCUT2D eigenvalue weighted by Gasteiger charge is -2.41. The summed E-state index contributed by atoms with van der Waals surface area (Å²) in [6, 6.07) is 5.68. The fourth-order valence-electron chi connectivity index (χ4n) is 5.69. The molecule has 0 spiro atoms. The van der Waals surface area contributed by atoms with E-state index < -0.39 is 74.2 Å². The molecule has 15 heteroatoms. The number of hydrogen-bond acceptors (Lipinski definition) is 6. The number of anilines is 1. The summed E-state index contributed by atoms with van der Waals surface area (Å²) in [5.74, 6) is -14.2. The third-order valence-corrected chi connectivity index (χ3v) is 10.2. The summed E-state index contributed by atoms with van der Waals surface area (Å²) in [5.41, 5.74) is 1.33. The molecular weight excluding hydrogens is 623 g/mol. The zero-order valence-corrected chi connectivity index (χ0v) is 24.8. The van der Waals surface area contributed by atoms with Gasteiger partial charge in [-0.25, -0.2) is 30.4 Å². The van der Waals surface area contributed by atoms with Gasteiger partial charge in [0.15, 0.2) is 28.2 Å². The number of phenols is 1. The van der Waals surface area contributed by atoms with Crippen LogP contribution in [0.5, 0.6) is 5.75 Å². The summed E-state index contributed by atoms with van der Waals surface area (Å²) in [7, 11) is -4.03. The predicted molar refractivity (Wildman–Crippen MR) is 151 cm³/mol. The van der Waals surface area contributed by atoms with E-state index in [1.807, 2.05) is 6.07 Å². The average Bonchev–Trinajstić information content (AvgIpc) is 3.01. The van der Waals surface area contributed by atoms with E-state index in [9.17, 15) is 45.1 Å². The molecule has 1 saturated carbocycles. The van der Waals surface area contributed by atoms with Crippen LogP contribution in [0.4, 0.5) is 27.6 Å². The van der Waals surface area contributed by atoms with E-state index >= 15 is 0 Å². The molecule has 9 nitrogen and oxygen atoms in total. The Morgan fingerprint density at radius 1 is 0.956 bits per heavy atom. The van der Waals surface area contributed by atoms with Gasteiger partial charge >= 0.3 is 0 Å². The average molecular weight is 653 g/mol. The summed E-state index contributed by atoms with van der Waals surface area (Å²) >= 11 is 0. The van der Waals surface area contributed by atoms with Crippen LogP contribution >= 0.6 is 0 Å². The number of carbonyl (C=O) groups excluding carboxylic acids is 2. The molecule has 2 N–H and O–H groups in total. The Hall–Kier alpha value is -4.11. The second-order valence-electron chi connectivity index (χ2n) is 10.9. The van der Waals surface area contributed by atoms with Crippen LogP contribution in [0.25, 0.3) is 0 Å². The lowest BCUT2D eigenvalue weighted by atomic mass is 9.85. The van der Waals surface area contributed by atoms with Gasteiger partial charge in [0.1, 0.15) is 11.8 Å². The molecule has 2 aliphatic rings. The van der Waals surface area contributed by atoms with Crippen molar-refractivity contribution in [2.24, 2.45) is 0 Å². The first-order valence-electron chi connectivity index (χ1n) is 14.2. The van der Waals surface area contributed by atoms with Crippen LogP contribution in [0.15, 0.2) is 41.4 Å². The van der Waals surface area contributed by atoms with Gasteiger partial charge in [0.2, 0.25) is 21.7 Å². The number of sulfonamides is 1. The third-order valence-electron chi connectivity index (χ3n) is 8.27. The van der Waals surface area contributed by atoms with Crippen LogP contribution in [0.3, 0.4) is 0 Å². The number of phenolic OH excluding ortho intramolecular Hbond substituents is 1. The fraction of sp³-hybridized carbons (Fsp3) is 0.367. The van der Waals surface area contributed by atoms with E-state index in [1.54, 1.807) is 12.3 Å². The van der Waals surface area contributed by atoms with Crippen molar-refractivity contribution in [3.63, 3.8) is 0 Å². The number of nitrogens with zero attached hydrogens (tertiary/aromatic N) is 3. The number of rotatable bonds is 8. The number of halogens is 5. The summed E-state index contributed by atoms with van der Waals surface area (Å²) in [6.07, 6.45) is 6.99. The highest BCUT2D eigenvalue weighted by Crippen LogP contribution is 2.36. The highest BCUT2D eigenvalue weighted by molar-refractivity contribution is 7.89. The SMILES string of the molecule is CNC(=O)c1ccc(N(Cc2ccc(C3CCCCC3)cn2)C(=O)[C@H]2CCN2S(=O)(=O)c2c(F)c(F)c(F)c(F)c2F)cc1O. The first-order chi connectivity index (χ1) is 21.4. The minimum Gasteiger partial charge on any atom is -0.507 e. The molecule has 1 atom stereocenters. The highest BCUT2D eigenvalue weighted by Gasteiger charge is 2.48. The summed E-state index contributed by atoms with van der Waals surface area (Å²) in [5, 5.41) is 12.9. The van der Waals surface area contributed by atoms with Gasteiger partial charge in [0.25, 0.3) is 5.91 Å². The normalized spacial score (nSPS) is 17.5. The maximum Gasteiger partial charge on any atom is 0.254 e. The van der Waals surface area contributed by atoms with Crippen LogP contribution in [0, 0.1) is 29.1 Å². The minimum atomic E-state index is -5.38. The second kappa shape index (κ2) is 12.7. The molecule has 5 rings (SSSR count). The largest absolute Gasteiger partial charge is 0.507 e. The zero-order valence-electron chi connectivity index (χ0n) is 24.0. The molecular formula is C30H29F5N4O5S. The number of amides is 2. The molecule has 45 heavy (non-hydrogen) atoms. The Balaban J connectivity index is 1.49. The van der Waals surface area contributed by atoms with Crippen LogP contribution in [-0.4, -0.2) is 54.3 Å². The third kappa shape index (κ3) is 5.98. The van der Waals surface area contributed by atoms with Crippen LogP contribution in [-0.2, 0) is 21.4 Å². The molecule has 1 aliphatic heterocycles. The zero-order chi connectivity index (χ0) is 32.6. The van der Waals surface area contributed by atoms with Gasteiger partial charge < -0.3 is 15.3 Å². The fourth-order valence-corrected chi connectivity index (χ4v) is 7.43. The lowest BCUT2D eigenvalue weighted by Crippen LogP contribution is -2.59. The maximum atomic E-state index is 14.5.